The summed E-state index contributed by atoms with van der Waals surface area (Å²) in [4.78, 5) is 11.6. The van der Waals surface area contributed by atoms with Gasteiger partial charge in [-0.3, -0.25) is 9.88 Å². The Labute approximate surface area is 128 Å². The van der Waals surface area contributed by atoms with Crippen LogP contribution in [0.25, 0.3) is 0 Å². The standard InChI is InChI=1S/C16H18F2N4/c1-12-6-13(10-19-9-12)11-21-2-4-22(5-3-21)14-7-15(17)20-16(18)8-14/h6-10H,2-5,11H2,1H3. The second-order valence-corrected chi connectivity index (χ2v) is 5.60. The van der Waals surface area contributed by atoms with E-state index in [1.165, 1.54) is 17.7 Å². The molecule has 22 heavy (non-hydrogen) atoms. The van der Waals surface area contributed by atoms with E-state index in [1.807, 2.05) is 24.2 Å². The first-order chi connectivity index (χ1) is 10.6. The molecule has 1 saturated heterocycles. The molecule has 0 atom stereocenters. The van der Waals surface area contributed by atoms with Crippen molar-refractivity contribution < 1.29 is 8.78 Å². The van der Waals surface area contributed by atoms with Crippen LogP contribution in [-0.2, 0) is 6.54 Å². The molecule has 2 aromatic rings. The van der Waals surface area contributed by atoms with Gasteiger partial charge in [0.2, 0.25) is 11.9 Å². The van der Waals surface area contributed by atoms with E-state index in [4.69, 9.17) is 0 Å². The van der Waals surface area contributed by atoms with Crippen molar-refractivity contribution in [1.82, 2.24) is 14.9 Å². The summed E-state index contributed by atoms with van der Waals surface area (Å²) in [5.41, 5.74) is 2.90. The first-order valence-corrected chi connectivity index (χ1v) is 7.31. The molecule has 0 radical (unpaired) electrons. The van der Waals surface area contributed by atoms with Crippen LogP contribution in [0.2, 0.25) is 0 Å². The van der Waals surface area contributed by atoms with E-state index in [0.717, 1.165) is 38.3 Å². The van der Waals surface area contributed by atoms with Gasteiger partial charge in [-0.05, 0) is 18.1 Å². The molecule has 3 heterocycles. The third-order valence-electron chi connectivity index (χ3n) is 3.82. The number of anilines is 1. The van der Waals surface area contributed by atoms with E-state index in [2.05, 4.69) is 20.9 Å². The topological polar surface area (TPSA) is 32.3 Å². The molecule has 0 unspecified atom stereocenters. The van der Waals surface area contributed by atoms with Gasteiger partial charge in [-0.15, -0.1) is 0 Å². The molecule has 6 heteroatoms. The third-order valence-corrected chi connectivity index (χ3v) is 3.82. The summed E-state index contributed by atoms with van der Waals surface area (Å²) >= 11 is 0. The number of hydrogen-bond acceptors (Lipinski definition) is 4. The van der Waals surface area contributed by atoms with Crippen molar-refractivity contribution >= 4 is 5.69 Å². The first kappa shape index (κ1) is 14.8. The van der Waals surface area contributed by atoms with E-state index in [-0.39, 0.29) is 0 Å². The van der Waals surface area contributed by atoms with Gasteiger partial charge < -0.3 is 4.90 Å². The normalized spacial score (nSPS) is 16.0. The van der Waals surface area contributed by atoms with Crippen LogP contribution >= 0.6 is 0 Å². The van der Waals surface area contributed by atoms with Gasteiger partial charge in [-0.25, -0.2) is 0 Å². The van der Waals surface area contributed by atoms with Crippen molar-refractivity contribution in [3.05, 3.63) is 53.6 Å². The largest absolute Gasteiger partial charge is 0.369 e. The minimum Gasteiger partial charge on any atom is -0.369 e. The number of aromatic nitrogens is 2. The first-order valence-electron chi connectivity index (χ1n) is 7.31. The molecule has 0 bridgehead atoms. The Kier molecular flexibility index (Phi) is 4.29. The Morgan fingerprint density at radius 1 is 1.00 bits per heavy atom. The molecule has 0 amide bonds. The summed E-state index contributed by atoms with van der Waals surface area (Å²) in [5, 5.41) is 0. The maximum atomic E-state index is 13.2. The Bertz CT molecular complexity index is 634. The summed E-state index contributed by atoms with van der Waals surface area (Å²) in [5.74, 6) is -1.55. The van der Waals surface area contributed by atoms with Crippen LogP contribution in [0, 0.1) is 18.8 Å². The highest BCUT2D eigenvalue weighted by Crippen LogP contribution is 2.18. The number of rotatable bonds is 3. The van der Waals surface area contributed by atoms with E-state index in [0.29, 0.717) is 5.69 Å². The zero-order valence-corrected chi connectivity index (χ0v) is 12.5. The van der Waals surface area contributed by atoms with Crippen molar-refractivity contribution in [2.45, 2.75) is 13.5 Å². The SMILES string of the molecule is Cc1cncc(CN2CCN(c3cc(F)nc(F)c3)CC2)c1. The average molecular weight is 304 g/mol. The highest BCUT2D eigenvalue weighted by Gasteiger charge is 2.18. The lowest BCUT2D eigenvalue weighted by Gasteiger charge is -2.36. The lowest BCUT2D eigenvalue weighted by molar-refractivity contribution is 0.249. The number of halogens is 2. The van der Waals surface area contributed by atoms with Gasteiger partial charge in [0.05, 0.1) is 0 Å². The van der Waals surface area contributed by atoms with E-state index >= 15 is 0 Å². The fourth-order valence-electron chi connectivity index (χ4n) is 2.76. The molecule has 1 fully saturated rings. The highest BCUT2D eigenvalue weighted by molar-refractivity contribution is 5.45. The van der Waals surface area contributed by atoms with Crippen LogP contribution in [0.3, 0.4) is 0 Å². The number of aryl methyl sites for hydroxylation is 1. The van der Waals surface area contributed by atoms with Gasteiger partial charge in [0.25, 0.3) is 0 Å². The molecule has 1 aliphatic heterocycles. The molecule has 116 valence electrons. The molecule has 0 aliphatic carbocycles. The Balaban J connectivity index is 1.60. The van der Waals surface area contributed by atoms with Crippen molar-refractivity contribution in [3.63, 3.8) is 0 Å². The van der Waals surface area contributed by atoms with E-state index in [1.54, 1.807) is 0 Å². The van der Waals surface area contributed by atoms with Crippen LogP contribution in [0.1, 0.15) is 11.1 Å². The Morgan fingerprint density at radius 2 is 1.68 bits per heavy atom. The summed E-state index contributed by atoms with van der Waals surface area (Å²) in [6.07, 6.45) is 3.72. The van der Waals surface area contributed by atoms with Gasteiger partial charge in [0.1, 0.15) is 0 Å². The monoisotopic (exact) mass is 304 g/mol. The fourth-order valence-corrected chi connectivity index (χ4v) is 2.76. The fraction of sp³-hybridized carbons (Fsp3) is 0.375. The zero-order valence-electron chi connectivity index (χ0n) is 12.5. The van der Waals surface area contributed by atoms with Crippen molar-refractivity contribution in [1.29, 1.82) is 0 Å². The molecule has 0 saturated carbocycles. The summed E-state index contributed by atoms with van der Waals surface area (Å²) in [7, 11) is 0. The quantitative estimate of drug-likeness (QED) is 0.815. The molecule has 3 rings (SSSR count). The minimum atomic E-state index is -0.775. The number of piperazine rings is 1. The van der Waals surface area contributed by atoms with Gasteiger partial charge in [0, 0.05) is 62.9 Å². The van der Waals surface area contributed by atoms with Gasteiger partial charge in [0.15, 0.2) is 0 Å². The number of pyridine rings is 2. The van der Waals surface area contributed by atoms with Crippen LogP contribution in [-0.4, -0.2) is 41.0 Å². The highest BCUT2D eigenvalue weighted by atomic mass is 19.1. The van der Waals surface area contributed by atoms with Crippen molar-refractivity contribution in [3.8, 4) is 0 Å². The van der Waals surface area contributed by atoms with Crippen LogP contribution in [0.15, 0.2) is 30.6 Å². The van der Waals surface area contributed by atoms with Gasteiger partial charge in [-0.1, -0.05) is 6.07 Å². The third kappa shape index (κ3) is 3.57. The lowest BCUT2D eigenvalue weighted by Crippen LogP contribution is -2.46. The predicted octanol–water partition coefficient (Wildman–Crippen LogP) is 2.39. The summed E-state index contributed by atoms with van der Waals surface area (Å²) in [6.45, 7) is 6.05. The Morgan fingerprint density at radius 3 is 2.32 bits per heavy atom. The van der Waals surface area contributed by atoms with Gasteiger partial charge >= 0.3 is 0 Å². The van der Waals surface area contributed by atoms with Crippen molar-refractivity contribution in [2.24, 2.45) is 0 Å². The molecule has 1 aliphatic rings. The molecule has 2 aromatic heterocycles. The van der Waals surface area contributed by atoms with Crippen LogP contribution in [0.5, 0.6) is 0 Å². The summed E-state index contributed by atoms with van der Waals surface area (Å²) < 4.78 is 26.4. The van der Waals surface area contributed by atoms with Crippen LogP contribution < -0.4 is 4.90 Å². The smallest absolute Gasteiger partial charge is 0.217 e. The van der Waals surface area contributed by atoms with E-state index < -0.39 is 11.9 Å². The number of nitrogens with zero attached hydrogens (tertiary/aromatic N) is 4. The molecule has 0 spiro atoms. The second kappa shape index (κ2) is 6.36. The summed E-state index contributed by atoms with van der Waals surface area (Å²) in [6, 6.07) is 4.69. The average Bonchev–Trinajstić information content (AvgIpc) is 2.47. The van der Waals surface area contributed by atoms with Crippen LogP contribution in [0.4, 0.5) is 14.5 Å². The molecule has 4 nitrogen and oxygen atoms in total. The predicted molar refractivity (Wildman–Crippen MR) is 80.6 cm³/mol. The Hall–Kier alpha value is -2.08. The lowest BCUT2D eigenvalue weighted by atomic mass is 10.2. The zero-order chi connectivity index (χ0) is 15.5. The molecular weight excluding hydrogens is 286 g/mol. The van der Waals surface area contributed by atoms with Crippen molar-refractivity contribution in [2.75, 3.05) is 31.1 Å². The van der Waals surface area contributed by atoms with Gasteiger partial charge in [-0.2, -0.15) is 13.8 Å². The molecule has 0 aromatic carbocycles. The minimum absolute atomic E-state index is 0.557. The molecular formula is C16H18F2N4. The maximum absolute atomic E-state index is 13.2. The second-order valence-electron chi connectivity index (χ2n) is 5.60. The van der Waals surface area contributed by atoms with E-state index in [9.17, 15) is 8.78 Å². The number of hydrogen-bond donors (Lipinski definition) is 0. The maximum Gasteiger partial charge on any atom is 0.217 e. The molecule has 0 N–H and O–H groups in total.